The highest BCUT2D eigenvalue weighted by atomic mass is 35.5. The van der Waals surface area contributed by atoms with Crippen LogP contribution in [-0.2, 0) is 11.3 Å². The van der Waals surface area contributed by atoms with Gasteiger partial charge in [-0.05, 0) is 11.6 Å². The van der Waals surface area contributed by atoms with Crippen molar-refractivity contribution in [3.05, 3.63) is 34.3 Å². The first kappa shape index (κ1) is 8.05. The standard InChI is InChI=1S/C9H9ClO2/c10-8-3-1-2-6-7(8)4-12-5-9(6)11/h1-3,9,11H,4-5H2. The van der Waals surface area contributed by atoms with Crippen LogP contribution in [0, 0.1) is 0 Å². The fourth-order valence-corrected chi connectivity index (χ4v) is 1.64. The van der Waals surface area contributed by atoms with E-state index in [1.165, 1.54) is 0 Å². The van der Waals surface area contributed by atoms with Crippen molar-refractivity contribution in [2.75, 3.05) is 6.61 Å². The van der Waals surface area contributed by atoms with E-state index in [1.807, 2.05) is 18.2 Å². The Hall–Kier alpha value is -0.570. The molecule has 0 aliphatic carbocycles. The second-order valence-corrected chi connectivity index (χ2v) is 3.25. The van der Waals surface area contributed by atoms with Crippen LogP contribution in [0.25, 0.3) is 0 Å². The molecule has 3 heteroatoms. The van der Waals surface area contributed by atoms with Crippen molar-refractivity contribution < 1.29 is 9.84 Å². The van der Waals surface area contributed by atoms with Gasteiger partial charge in [-0.15, -0.1) is 0 Å². The minimum atomic E-state index is -0.521. The topological polar surface area (TPSA) is 29.5 Å². The van der Waals surface area contributed by atoms with Crippen molar-refractivity contribution >= 4 is 11.6 Å². The summed E-state index contributed by atoms with van der Waals surface area (Å²) in [7, 11) is 0. The van der Waals surface area contributed by atoms with E-state index in [2.05, 4.69) is 0 Å². The summed E-state index contributed by atoms with van der Waals surface area (Å²) in [4.78, 5) is 0. The van der Waals surface area contributed by atoms with Gasteiger partial charge >= 0.3 is 0 Å². The molecule has 0 aromatic heterocycles. The number of benzene rings is 1. The fraction of sp³-hybridized carbons (Fsp3) is 0.333. The smallest absolute Gasteiger partial charge is 0.103 e. The molecular formula is C9H9ClO2. The monoisotopic (exact) mass is 184 g/mol. The number of fused-ring (bicyclic) bond motifs is 1. The van der Waals surface area contributed by atoms with Crippen LogP contribution in [-0.4, -0.2) is 11.7 Å². The lowest BCUT2D eigenvalue weighted by Gasteiger charge is -2.22. The highest BCUT2D eigenvalue weighted by molar-refractivity contribution is 6.31. The van der Waals surface area contributed by atoms with Gasteiger partial charge in [0.15, 0.2) is 0 Å². The molecule has 0 amide bonds. The lowest BCUT2D eigenvalue weighted by atomic mass is 10.0. The molecule has 12 heavy (non-hydrogen) atoms. The quantitative estimate of drug-likeness (QED) is 0.668. The third kappa shape index (κ3) is 1.22. The summed E-state index contributed by atoms with van der Waals surface area (Å²) in [5.74, 6) is 0. The summed E-state index contributed by atoms with van der Waals surface area (Å²) < 4.78 is 5.15. The third-order valence-electron chi connectivity index (χ3n) is 2.04. The normalized spacial score (nSPS) is 22.0. The first-order chi connectivity index (χ1) is 5.79. The van der Waals surface area contributed by atoms with Gasteiger partial charge < -0.3 is 9.84 Å². The summed E-state index contributed by atoms with van der Waals surface area (Å²) >= 11 is 5.92. The van der Waals surface area contributed by atoms with Crippen LogP contribution in [0.15, 0.2) is 18.2 Å². The first-order valence-corrected chi connectivity index (χ1v) is 4.20. The molecule has 1 aliphatic heterocycles. The molecule has 0 bridgehead atoms. The molecule has 1 aromatic carbocycles. The van der Waals surface area contributed by atoms with Gasteiger partial charge in [0.1, 0.15) is 6.10 Å². The van der Waals surface area contributed by atoms with Gasteiger partial charge in [0, 0.05) is 10.6 Å². The Labute approximate surface area is 75.7 Å². The fourth-order valence-electron chi connectivity index (χ4n) is 1.40. The lowest BCUT2D eigenvalue weighted by Crippen LogP contribution is -2.16. The average molecular weight is 185 g/mol. The molecule has 1 aromatic rings. The molecule has 64 valence electrons. The van der Waals surface area contributed by atoms with Crippen molar-refractivity contribution in [3.8, 4) is 0 Å². The van der Waals surface area contributed by atoms with Crippen LogP contribution in [0.1, 0.15) is 17.2 Å². The Morgan fingerprint density at radius 1 is 1.50 bits per heavy atom. The van der Waals surface area contributed by atoms with Gasteiger partial charge in [0.2, 0.25) is 0 Å². The Bertz CT molecular complexity index is 299. The van der Waals surface area contributed by atoms with Crippen LogP contribution < -0.4 is 0 Å². The van der Waals surface area contributed by atoms with Crippen LogP contribution >= 0.6 is 11.6 Å². The largest absolute Gasteiger partial charge is 0.386 e. The van der Waals surface area contributed by atoms with Gasteiger partial charge in [-0.3, -0.25) is 0 Å². The van der Waals surface area contributed by atoms with E-state index in [1.54, 1.807) is 0 Å². The Morgan fingerprint density at radius 3 is 3.08 bits per heavy atom. The van der Waals surface area contributed by atoms with E-state index >= 15 is 0 Å². The van der Waals surface area contributed by atoms with Crippen molar-refractivity contribution in [2.24, 2.45) is 0 Å². The van der Waals surface area contributed by atoms with Crippen molar-refractivity contribution in [1.29, 1.82) is 0 Å². The van der Waals surface area contributed by atoms with E-state index in [0.717, 1.165) is 11.1 Å². The van der Waals surface area contributed by atoms with E-state index in [4.69, 9.17) is 16.3 Å². The van der Waals surface area contributed by atoms with Crippen LogP contribution in [0.2, 0.25) is 5.02 Å². The van der Waals surface area contributed by atoms with Crippen LogP contribution in [0.5, 0.6) is 0 Å². The summed E-state index contributed by atoms with van der Waals surface area (Å²) in [6, 6.07) is 5.53. The molecule has 0 spiro atoms. The predicted octanol–water partition coefficient (Wildman–Crippen LogP) is 1.90. The first-order valence-electron chi connectivity index (χ1n) is 3.82. The van der Waals surface area contributed by atoms with Crippen LogP contribution in [0.3, 0.4) is 0 Å². The number of halogens is 1. The highest BCUT2D eigenvalue weighted by Crippen LogP contribution is 2.29. The molecule has 1 heterocycles. The molecule has 0 fully saturated rings. The molecule has 2 nitrogen and oxygen atoms in total. The molecule has 1 atom stereocenters. The van der Waals surface area contributed by atoms with Gasteiger partial charge in [-0.1, -0.05) is 23.7 Å². The van der Waals surface area contributed by atoms with Crippen molar-refractivity contribution in [3.63, 3.8) is 0 Å². The molecule has 1 unspecified atom stereocenters. The molecule has 1 N–H and O–H groups in total. The van der Waals surface area contributed by atoms with E-state index < -0.39 is 6.10 Å². The number of ether oxygens (including phenoxy) is 1. The molecule has 2 rings (SSSR count). The highest BCUT2D eigenvalue weighted by Gasteiger charge is 2.19. The Kier molecular flexibility index (Phi) is 2.05. The summed E-state index contributed by atoms with van der Waals surface area (Å²) in [6.45, 7) is 0.874. The minimum absolute atomic E-state index is 0.368. The number of hydrogen-bond acceptors (Lipinski definition) is 2. The van der Waals surface area contributed by atoms with Crippen LogP contribution in [0.4, 0.5) is 0 Å². The van der Waals surface area contributed by atoms with Gasteiger partial charge in [-0.2, -0.15) is 0 Å². The zero-order valence-electron chi connectivity index (χ0n) is 6.46. The Morgan fingerprint density at radius 2 is 2.33 bits per heavy atom. The average Bonchev–Trinajstić information content (AvgIpc) is 2.07. The predicted molar refractivity (Wildman–Crippen MR) is 46.1 cm³/mol. The summed E-state index contributed by atoms with van der Waals surface area (Å²) in [5.41, 5.74) is 1.81. The summed E-state index contributed by atoms with van der Waals surface area (Å²) in [6.07, 6.45) is -0.521. The number of rotatable bonds is 0. The van der Waals surface area contributed by atoms with Gasteiger partial charge in [0.25, 0.3) is 0 Å². The zero-order valence-corrected chi connectivity index (χ0v) is 7.21. The zero-order chi connectivity index (χ0) is 8.55. The Balaban J connectivity index is 2.52. The molecular weight excluding hydrogens is 176 g/mol. The van der Waals surface area contributed by atoms with Crippen molar-refractivity contribution in [2.45, 2.75) is 12.7 Å². The van der Waals surface area contributed by atoms with Gasteiger partial charge in [-0.25, -0.2) is 0 Å². The number of hydrogen-bond donors (Lipinski definition) is 1. The van der Waals surface area contributed by atoms with Gasteiger partial charge in [0.05, 0.1) is 13.2 Å². The second-order valence-electron chi connectivity index (χ2n) is 2.84. The van der Waals surface area contributed by atoms with E-state index in [0.29, 0.717) is 18.2 Å². The maximum absolute atomic E-state index is 9.50. The third-order valence-corrected chi connectivity index (χ3v) is 2.39. The number of aliphatic hydroxyl groups is 1. The SMILES string of the molecule is OC1COCc2c(Cl)cccc21. The minimum Gasteiger partial charge on any atom is -0.386 e. The molecule has 0 saturated carbocycles. The molecule has 0 radical (unpaired) electrons. The van der Waals surface area contributed by atoms with Crippen molar-refractivity contribution in [1.82, 2.24) is 0 Å². The molecule has 0 saturated heterocycles. The summed E-state index contributed by atoms with van der Waals surface area (Å²) in [5, 5.41) is 10.2. The maximum atomic E-state index is 9.50. The maximum Gasteiger partial charge on any atom is 0.103 e. The second kappa shape index (κ2) is 3.05. The lowest BCUT2D eigenvalue weighted by molar-refractivity contribution is 0.00986. The van der Waals surface area contributed by atoms with E-state index in [9.17, 15) is 5.11 Å². The van der Waals surface area contributed by atoms with E-state index in [-0.39, 0.29) is 0 Å². The number of aliphatic hydroxyl groups excluding tert-OH is 1. The molecule has 1 aliphatic rings.